The minimum atomic E-state index is 0.458. The van der Waals surface area contributed by atoms with Crippen LogP contribution in [-0.2, 0) is 0 Å². The fraction of sp³-hybridized carbons (Fsp3) is 1.00. The first kappa shape index (κ1) is 11.0. The van der Waals surface area contributed by atoms with Gasteiger partial charge in [-0.15, -0.1) is 0 Å². The summed E-state index contributed by atoms with van der Waals surface area (Å²) in [5.74, 6) is 0.697. The van der Waals surface area contributed by atoms with Crippen molar-refractivity contribution in [2.45, 2.75) is 40.1 Å². The average Bonchev–Trinajstić information content (AvgIpc) is 1.98. The first-order valence-corrected chi connectivity index (χ1v) is 4.55. The van der Waals surface area contributed by atoms with Crippen molar-refractivity contribution in [3.05, 3.63) is 0 Å². The van der Waals surface area contributed by atoms with Crippen molar-refractivity contribution < 1.29 is 0 Å². The molecule has 0 aliphatic rings. The maximum Gasteiger partial charge on any atom is 0.215 e. The van der Waals surface area contributed by atoms with Crippen molar-refractivity contribution in [1.29, 1.82) is 0 Å². The maximum atomic E-state index is 3.47. The molecule has 0 bridgehead atoms. The van der Waals surface area contributed by atoms with Crippen LogP contribution in [0.1, 0.15) is 20.3 Å². The van der Waals surface area contributed by atoms with E-state index in [9.17, 15) is 0 Å². The number of hydrogen-bond donors (Lipinski definition) is 2. The molecule has 0 fully saturated rings. The Morgan fingerprint density at radius 2 is 1.91 bits per heavy atom. The van der Waals surface area contributed by atoms with E-state index in [1.54, 1.807) is 0 Å². The Morgan fingerprint density at radius 3 is 2.18 bits per heavy atom. The van der Waals surface area contributed by atoms with Gasteiger partial charge in [-0.25, -0.2) is 0 Å². The van der Waals surface area contributed by atoms with Gasteiger partial charge in [-0.2, -0.15) is 0 Å². The van der Waals surface area contributed by atoms with E-state index in [1.165, 1.54) is 6.42 Å². The van der Waals surface area contributed by atoms with Crippen molar-refractivity contribution in [1.82, 2.24) is 10.5 Å². The normalized spacial score (nSPS) is 16.1. The van der Waals surface area contributed by atoms with Crippen molar-refractivity contribution in [3.63, 3.8) is 0 Å². The number of hydrogen-bond acceptors (Lipinski definition) is 2. The van der Waals surface area contributed by atoms with Crippen molar-refractivity contribution in [2.24, 2.45) is 5.92 Å². The molecule has 0 amide bonds. The van der Waals surface area contributed by atoms with Gasteiger partial charge in [-0.1, -0.05) is 33.9 Å². The largest absolute Gasteiger partial charge is 0.341 e. The Morgan fingerprint density at radius 1 is 1.36 bits per heavy atom. The molecule has 2 nitrogen and oxygen atoms in total. The summed E-state index contributed by atoms with van der Waals surface area (Å²) in [4.78, 5) is 0. The van der Waals surface area contributed by atoms with Crippen LogP contribution in [0.3, 0.4) is 0 Å². The van der Waals surface area contributed by atoms with E-state index in [0.717, 1.165) is 0 Å². The van der Waals surface area contributed by atoms with Crippen LogP contribution in [0.15, 0.2) is 0 Å². The average molecular weight is 156 g/mol. The monoisotopic (exact) mass is 156 g/mol. The fourth-order valence-electron chi connectivity index (χ4n) is 1.13. The zero-order valence-electron chi connectivity index (χ0n) is 8.44. The Kier molecular flexibility index (Phi) is 5.60. The summed E-state index contributed by atoms with van der Waals surface area (Å²) in [7, 11) is 2.01. The molecule has 66 valence electrons. The molecule has 11 heavy (non-hydrogen) atoms. The van der Waals surface area contributed by atoms with Crippen LogP contribution in [0.25, 0.3) is 0 Å². The summed E-state index contributed by atoms with van der Waals surface area (Å²) in [6.45, 7) is 9.38. The van der Waals surface area contributed by atoms with Gasteiger partial charge in [0, 0.05) is 6.17 Å². The van der Waals surface area contributed by atoms with Crippen LogP contribution in [-0.4, -0.2) is 20.1 Å². The molecule has 0 spiro atoms. The lowest BCUT2D eigenvalue weighted by Crippen LogP contribution is -2.49. The van der Waals surface area contributed by atoms with Gasteiger partial charge in [0.2, 0.25) is 6.85 Å². The SMILES string of the molecule is CC[C@@H](C)[C@@H](NC)NB(C)C. The Bertz CT molecular complexity index is 96.1. The van der Waals surface area contributed by atoms with Gasteiger partial charge in [-0.3, -0.25) is 0 Å². The highest BCUT2D eigenvalue weighted by Crippen LogP contribution is 2.04. The molecule has 0 saturated carbocycles. The first-order valence-electron chi connectivity index (χ1n) is 4.55. The second-order valence-electron chi connectivity index (χ2n) is 3.47. The second-order valence-corrected chi connectivity index (χ2v) is 3.47. The van der Waals surface area contributed by atoms with E-state index < -0.39 is 0 Å². The molecule has 0 aromatic rings. The van der Waals surface area contributed by atoms with Gasteiger partial charge in [0.05, 0.1) is 0 Å². The van der Waals surface area contributed by atoms with E-state index in [1.807, 2.05) is 7.05 Å². The van der Waals surface area contributed by atoms with Crippen LogP contribution in [0.4, 0.5) is 0 Å². The molecule has 0 aliphatic carbocycles. The predicted octanol–water partition coefficient (Wildman–Crippen LogP) is 1.42. The van der Waals surface area contributed by atoms with E-state index in [2.05, 4.69) is 38.0 Å². The lowest BCUT2D eigenvalue weighted by molar-refractivity contribution is 0.371. The van der Waals surface area contributed by atoms with Crippen LogP contribution in [0.5, 0.6) is 0 Å². The van der Waals surface area contributed by atoms with Gasteiger partial charge in [0.1, 0.15) is 0 Å². The lowest BCUT2D eigenvalue weighted by atomic mass is 9.68. The molecule has 2 N–H and O–H groups in total. The molecule has 0 rings (SSSR count). The topological polar surface area (TPSA) is 24.1 Å². The number of rotatable bonds is 5. The van der Waals surface area contributed by atoms with Gasteiger partial charge in [0.15, 0.2) is 0 Å². The van der Waals surface area contributed by atoms with Crippen molar-refractivity contribution in [2.75, 3.05) is 7.05 Å². The molecular weight excluding hydrogens is 135 g/mol. The third-order valence-corrected chi connectivity index (χ3v) is 2.04. The molecule has 0 radical (unpaired) electrons. The number of nitrogens with one attached hydrogen (secondary N) is 2. The zero-order valence-corrected chi connectivity index (χ0v) is 8.44. The predicted molar refractivity (Wildman–Crippen MR) is 52.9 cm³/mol. The van der Waals surface area contributed by atoms with Crippen LogP contribution < -0.4 is 10.5 Å². The maximum absolute atomic E-state index is 3.47. The molecule has 0 saturated heterocycles. The highest BCUT2D eigenvalue weighted by Gasteiger charge is 2.14. The molecule has 0 aromatic heterocycles. The minimum Gasteiger partial charge on any atom is -0.341 e. The smallest absolute Gasteiger partial charge is 0.215 e. The first-order chi connectivity index (χ1) is 5.11. The third-order valence-electron chi connectivity index (χ3n) is 2.04. The summed E-state index contributed by atoms with van der Waals surface area (Å²) in [5.41, 5.74) is 0. The Hall–Kier alpha value is -0.0151. The molecule has 0 aliphatic heterocycles. The molecule has 2 atom stereocenters. The van der Waals surface area contributed by atoms with E-state index in [-0.39, 0.29) is 0 Å². The van der Waals surface area contributed by atoms with Gasteiger partial charge in [0.25, 0.3) is 0 Å². The Balaban J connectivity index is 3.74. The standard InChI is InChI=1S/C8H21BN2/c1-6-7(2)8(10-5)11-9(3)4/h7-8,10-11H,6H2,1-5H3/t7-,8+/m1/s1. The minimum absolute atomic E-state index is 0.458. The summed E-state index contributed by atoms with van der Waals surface area (Å²) in [6.07, 6.45) is 1.67. The Labute approximate surface area is 71.2 Å². The van der Waals surface area contributed by atoms with E-state index in [4.69, 9.17) is 0 Å². The van der Waals surface area contributed by atoms with Crippen molar-refractivity contribution in [3.8, 4) is 0 Å². The van der Waals surface area contributed by atoms with E-state index >= 15 is 0 Å². The summed E-state index contributed by atoms with van der Waals surface area (Å²) in [6, 6.07) is 0. The van der Waals surface area contributed by atoms with Gasteiger partial charge in [-0.05, 0) is 13.0 Å². The molecule has 0 aromatic carbocycles. The second kappa shape index (κ2) is 5.61. The van der Waals surface area contributed by atoms with Crippen LogP contribution in [0.2, 0.25) is 13.6 Å². The molecule has 3 heteroatoms. The van der Waals surface area contributed by atoms with Gasteiger partial charge < -0.3 is 10.5 Å². The molecular formula is C8H21BN2. The van der Waals surface area contributed by atoms with Gasteiger partial charge >= 0.3 is 0 Å². The molecule has 0 unspecified atom stereocenters. The van der Waals surface area contributed by atoms with Crippen LogP contribution in [0, 0.1) is 5.92 Å². The van der Waals surface area contributed by atoms with Crippen LogP contribution >= 0.6 is 0 Å². The lowest BCUT2D eigenvalue weighted by Gasteiger charge is -2.25. The third kappa shape index (κ3) is 4.43. The highest BCUT2D eigenvalue weighted by molar-refractivity contribution is 6.52. The fourth-order valence-corrected chi connectivity index (χ4v) is 1.13. The summed E-state index contributed by atoms with van der Waals surface area (Å²) >= 11 is 0. The zero-order chi connectivity index (χ0) is 8.85. The van der Waals surface area contributed by atoms with Crippen molar-refractivity contribution >= 4 is 6.85 Å². The summed E-state index contributed by atoms with van der Waals surface area (Å²) < 4.78 is 0. The summed E-state index contributed by atoms with van der Waals surface area (Å²) in [5, 5.41) is 6.74. The van der Waals surface area contributed by atoms with E-state index in [0.29, 0.717) is 18.9 Å². The highest BCUT2D eigenvalue weighted by atomic mass is 15.1. The quantitative estimate of drug-likeness (QED) is 0.464. The molecule has 0 heterocycles.